The minimum atomic E-state index is -3.07. The lowest BCUT2D eigenvalue weighted by atomic mass is 10.0. The summed E-state index contributed by atoms with van der Waals surface area (Å²) in [6.45, 7) is 3.21. The fourth-order valence-corrected chi connectivity index (χ4v) is 3.47. The fourth-order valence-electron chi connectivity index (χ4n) is 2.65. The van der Waals surface area contributed by atoms with E-state index in [0.29, 0.717) is 19.6 Å². The van der Waals surface area contributed by atoms with Gasteiger partial charge in [0.05, 0.1) is 6.26 Å². The van der Waals surface area contributed by atoms with Gasteiger partial charge in [-0.05, 0) is 12.0 Å². The number of nitrogens with zero attached hydrogens (tertiary/aromatic N) is 2. The van der Waals surface area contributed by atoms with Crippen LogP contribution in [0.15, 0.2) is 30.3 Å². The van der Waals surface area contributed by atoms with E-state index in [-0.39, 0.29) is 6.04 Å². The minimum absolute atomic E-state index is 0.277. The van der Waals surface area contributed by atoms with Gasteiger partial charge < -0.3 is 5.73 Å². The monoisotopic (exact) mass is 297 g/mol. The Morgan fingerprint density at radius 2 is 1.75 bits per heavy atom. The van der Waals surface area contributed by atoms with E-state index in [1.165, 1.54) is 11.8 Å². The lowest BCUT2D eigenvalue weighted by Gasteiger charge is -2.38. The molecule has 20 heavy (non-hydrogen) atoms. The van der Waals surface area contributed by atoms with Gasteiger partial charge in [-0.3, -0.25) is 4.90 Å². The van der Waals surface area contributed by atoms with E-state index in [9.17, 15) is 8.42 Å². The lowest BCUT2D eigenvalue weighted by molar-refractivity contribution is 0.139. The van der Waals surface area contributed by atoms with Crippen molar-refractivity contribution < 1.29 is 8.42 Å². The summed E-state index contributed by atoms with van der Waals surface area (Å²) in [4.78, 5) is 2.30. The predicted molar refractivity (Wildman–Crippen MR) is 81.0 cm³/mol. The first kappa shape index (κ1) is 15.4. The molecule has 1 aliphatic rings. The lowest BCUT2D eigenvalue weighted by Crippen LogP contribution is -2.54. The van der Waals surface area contributed by atoms with Crippen molar-refractivity contribution >= 4 is 10.0 Å². The predicted octanol–water partition coefficient (Wildman–Crippen LogP) is 0.134. The molecule has 1 atom stereocenters. The molecule has 0 amide bonds. The topological polar surface area (TPSA) is 66.6 Å². The van der Waals surface area contributed by atoms with Crippen LogP contribution in [0, 0.1) is 0 Å². The molecular formula is C14H23N3O2S. The van der Waals surface area contributed by atoms with Crippen LogP contribution in [-0.2, 0) is 16.4 Å². The van der Waals surface area contributed by atoms with Crippen molar-refractivity contribution in [2.75, 3.05) is 39.0 Å². The molecule has 112 valence electrons. The standard InChI is InChI=1S/C14H23N3O2S/c1-20(18,19)17-9-7-16(8-10-17)14(12-15)11-13-5-3-2-4-6-13/h2-6,14H,7-12,15H2,1H3. The zero-order chi connectivity index (χ0) is 14.6. The summed E-state index contributed by atoms with van der Waals surface area (Å²) in [5, 5.41) is 0. The number of rotatable bonds is 5. The first-order chi connectivity index (χ1) is 9.50. The van der Waals surface area contributed by atoms with E-state index >= 15 is 0 Å². The summed E-state index contributed by atoms with van der Waals surface area (Å²) in [5.41, 5.74) is 7.17. The largest absolute Gasteiger partial charge is 0.329 e. The Hall–Kier alpha value is -0.950. The highest BCUT2D eigenvalue weighted by atomic mass is 32.2. The second-order valence-electron chi connectivity index (χ2n) is 5.28. The van der Waals surface area contributed by atoms with Crippen LogP contribution in [0.25, 0.3) is 0 Å². The second kappa shape index (κ2) is 6.67. The molecule has 1 unspecified atom stereocenters. The van der Waals surface area contributed by atoms with E-state index < -0.39 is 10.0 Å². The molecule has 0 aliphatic carbocycles. The van der Waals surface area contributed by atoms with Crippen LogP contribution in [-0.4, -0.2) is 62.6 Å². The third-order valence-corrected chi connectivity index (χ3v) is 5.15. The number of hydrogen-bond donors (Lipinski definition) is 1. The summed E-state index contributed by atoms with van der Waals surface area (Å²) in [6.07, 6.45) is 2.18. The molecule has 6 heteroatoms. The average molecular weight is 297 g/mol. The Bertz CT molecular complexity index is 510. The molecule has 0 bridgehead atoms. The van der Waals surface area contributed by atoms with Crippen molar-refractivity contribution in [1.82, 2.24) is 9.21 Å². The fraction of sp³-hybridized carbons (Fsp3) is 0.571. The summed E-state index contributed by atoms with van der Waals surface area (Å²) in [6, 6.07) is 10.6. The van der Waals surface area contributed by atoms with E-state index in [4.69, 9.17) is 5.73 Å². The quantitative estimate of drug-likeness (QED) is 0.839. The van der Waals surface area contributed by atoms with Crippen LogP contribution in [0.2, 0.25) is 0 Å². The van der Waals surface area contributed by atoms with Crippen LogP contribution < -0.4 is 5.73 Å². The Morgan fingerprint density at radius 3 is 2.25 bits per heavy atom. The summed E-state index contributed by atoms with van der Waals surface area (Å²) in [7, 11) is -3.07. The van der Waals surface area contributed by atoms with E-state index in [0.717, 1.165) is 19.5 Å². The smallest absolute Gasteiger partial charge is 0.211 e. The first-order valence-corrected chi connectivity index (χ1v) is 8.78. The van der Waals surface area contributed by atoms with Gasteiger partial charge in [0.1, 0.15) is 0 Å². The molecule has 5 nitrogen and oxygen atoms in total. The van der Waals surface area contributed by atoms with Crippen molar-refractivity contribution in [1.29, 1.82) is 0 Å². The Balaban J connectivity index is 1.94. The number of nitrogens with two attached hydrogens (primary N) is 1. The molecule has 1 heterocycles. The van der Waals surface area contributed by atoms with Gasteiger partial charge in [-0.25, -0.2) is 8.42 Å². The van der Waals surface area contributed by atoms with Gasteiger partial charge >= 0.3 is 0 Å². The number of hydrogen-bond acceptors (Lipinski definition) is 4. The highest BCUT2D eigenvalue weighted by Crippen LogP contribution is 2.13. The molecular weight excluding hydrogens is 274 g/mol. The normalized spacial score (nSPS) is 19.9. The number of piperazine rings is 1. The van der Waals surface area contributed by atoms with Crippen LogP contribution >= 0.6 is 0 Å². The van der Waals surface area contributed by atoms with Gasteiger partial charge in [-0.2, -0.15) is 4.31 Å². The maximum absolute atomic E-state index is 11.5. The van der Waals surface area contributed by atoms with Crippen molar-refractivity contribution in [3.8, 4) is 0 Å². The van der Waals surface area contributed by atoms with Crippen molar-refractivity contribution in [2.24, 2.45) is 5.73 Å². The molecule has 1 saturated heterocycles. The van der Waals surface area contributed by atoms with Crippen LogP contribution in [0.3, 0.4) is 0 Å². The highest BCUT2D eigenvalue weighted by Gasteiger charge is 2.27. The van der Waals surface area contributed by atoms with Gasteiger partial charge in [0.15, 0.2) is 0 Å². The Kier molecular flexibility index (Phi) is 5.15. The van der Waals surface area contributed by atoms with Crippen molar-refractivity contribution in [3.05, 3.63) is 35.9 Å². The van der Waals surface area contributed by atoms with Gasteiger partial charge in [0.2, 0.25) is 10.0 Å². The van der Waals surface area contributed by atoms with Crippen molar-refractivity contribution in [3.63, 3.8) is 0 Å². The molecule has 0 spiro atoms. The molecule has 1 fully saturated rings. The molecule has 2 rings (SSSR count). The van der Waals surface area contributed by atoms with Gasteiger partial charge in [0, 0.05) is 38.8 Å². The van der Waals surface area contributed by atoms with Crippen LogP contribution in [0.1, 0.15) is 5.56 Å². The number of benzene rings is 1. The maximum atomic E-state index is 11.5. The maximum Gasteiger partial charge on any atom is 0.211 e. The Labute approximate surface area is 121 Å². The van der Waals surface area contributed by atoms with Crippen LogP contribution in [0.4, 0.5) is 0 Å². The van der Waals surface area contributed by atoms with Crippen molar-refractivity contribution in [2.45, 2.75) is 12.5 Å². The SMILES string of the molecule is CS(=O)(=O)N1CCN(C(CN)Cc2ccccc2)CC1. The summed E-state index contributed by atoms with van der Waals surface area (Å²) < 4.78 is 24.6. The molecule has 0 saturated carbocycles. The molecule has 1 aliphatic heterocycles. The molecule has 1 aromatic carbocycles. The Morgan fingerprint density at radius 1 is 1.15 bits per heavy atom. The van der Waals surface area contributed by atoms with Crippen LogP contribution in [0.5, 0.6) is 0 Å². The third-order valence-electron chi connectivity index (χ3n) is 3.84. The van der Waals surface area contributed by atoms with E-state index in [1.807, 2.05) is 18.2 Å². The van der Waals surface area contributed by atoms with Gasteiger partial charge in [-0.1, -0.05) is 30.3 Å². The molecule has 1 aromatic rings. The zero-order valence-corrected chi connectivity index (χ0v) is 12.7. The average Bonchev–Trinajstić information content (AvgIpc) is 2.45. The highest BCUT2D eigenvalue weighted by molar-refractivity contribution is 7.88. The zero-order valence-electron chi connectivity index (χ0n) is 11.9. The molecule has 2 N–H and O–H groups in total. The number of sulfonamides is 1. The van der Waals surface area contributed by atoms with E-state index in [2.05, 4.69) is 17.0 Å². The molecule has 0 aromatic heterocycles. The molecule has 0 radical (unpaired) electrons. The minimum Gasteiger partial charge on any atom is -0.329 e. The van der Waals surface area contributed by atoms with Gasteiger partial charge in [0.25, 0.3) is 0 Å². The van der Waals surface area contributed by atoms with Gasteiger partial charge in [-0.15, -0.1) is 0 Å². The van der Waals surface area contributed by atoms with E-state index in [1.54, 1.807) is 4.31 Å². The second-order valence-corrected chi connectivity index (χ2v) is 7.26. The summed E-state index contributed by atoms with van der Waals surface area (Å²) >= 11 is 0. The first-order valence-electron chi connectivity index (χ1n) is 6.94. The summed E-state index contributed by atoms with van der Waals surface area (Å²) in [5.74, 6) is 0. The third kappa shape index (κ3) is 4.02.